The van der Waals surface area contributed by atoms with Crippen LogP contribution in [-0.4, -0.2) is 16.2 Å². The normalized spacial score (nSPS) is 10.0. The van der Waals surface area contributed by atoms with Gasteiger partial charge in [0.05, 0.1) is 29.8 Å². The number of aromatic nitrogens is 2. The minimum atomic E-state index is -0.550. The van der Waals surface area contributed by atoms with E-state index in [1.54, 1.807) is 18.2 Å². The van der Waals surface area contributed by atoms with Crippen molar-refractivity contribution >= 4 is 11.6 Å². The van der Waals surface area contributed by atoms with Crippen molar-refractivity contribution < 1.29 is 9.47 Å². The maximum atomic E-state index is 11.7. The highest BCUT2D eigenvalue weighted by molar-refractivity contribution is 6.30. The van der Waals surface area contributed by atoms with E-state index in [0.29, 0.717) is 27.6 Å². The van der Waals surface area contributed by atoms with Crippen molar-refractivity contribution in [2.45, 2.75) is 6.54 Å². The van der Waals surface area contributed by atoms with Crippen molar-refractivity contribution in [3.05, 3.63) is 85.6 Å². The Morgan fingerprint density at radius 3 is 2.52 bits per heavy atom. The van der Waals surface area contributed by atoms with Gasteiger partial charge in [-0.25, -0.2) is 4.79 Å². The highest BCUT2D eigenvalue weighted by Crippen LogP contribution is 2.34. The summed E-state index contributed by atoms with van der Waals surface area (Å²) in [5.41, 5.74) is -0.340. The number of halogens is 1. The third-order valence-corrected chi connectivity index (χ3v) is 4.01. The fraction of sp³-hybridized carbons (Fsp3) is 0.100. The first-order valence-corrected chi connectivity index (χ1v) is 8.71. The van der Waals surface area contributed by atoms with Gasteiger partial charge in [-0.3, -0.25) is 14.3 Å². The van der Waals surface area contributed by atoms with E-state index < -0.39 is 11.2 Å². The molecule has 0 aliphatic rings. The van der Waals surface area contributed by atoms with Gasteiger partial charge in [-0.05, 0) is 30.3 Å². The summed E-state index contributed by atoms with van der Waals surface area (Å²) in [7, 11) is 0. The predicted molar refractivity (Wildman–Crippen MR) is 104 cm³/mol. The van der Waals surface area contributed by atoms with Crippen LogP contribution in [0.4, 0.5) is 0 Å². The van der Waals surface area contributed by atoms with E-state index in [1.807, 2.05) is 12.1 Å². The smallest absolute Gasteiger partial charge is 0.328 e. The molecule has 144 valence electrons. The SMILES string of the molecule is N#Cc1cc(Cl)cc(Oc2ccc(C#N)cc2OCCn2ccc(=O)[nH]c2=O)c1. The molecule has 1 heterocycles. The van der Waals surface area contributed by atoms with Crippen LogP contribution in [0.2, 0.25) is 5.02 Å². The number of benzene rings is 2. The van der Waals surface area contributed by atoms with Gasteiger partial charge in [0.2, 0.25) is 0 Å². The quantitative estimate of drug-likeness (QED) is 0.669. The molecule has 2 aromatic carbocycles. The maximum absolute atomic E-state index is 11.7. The Labute approximate surface area is 169 Å². The monoisotopic (exact) mass is 408 g/mol. The minimum Gasteiger partial charge on any atom is -0.488 e. The summed E-state index contributed by atoms with van der Waals surface area (Å²) in [4.78, 5) is 25.0. The molecule has 0 unspecified atom stereocenters. The van der Waals surface area contributed by atoms with Crippen LogP contribution in [0.25, 0.3) is 0 Å². The number of rotatable bonds is 6. The van der Waals surface area contributed by atoms with Gasteiger partial charge in [0, 0.05) is 23.4 Å². The number of aromatic amines is 1. The lowest BCUT2D eigenvalue weighted by Gasteiger charge is -2.14. The summed E-state index contributed by atoms with van der Waals surface area (Å²) < 4.78 is 12.8. The molecule has 29 heavy (non-hydrogen) atoms. The minimum absolute atomic E-state index is 0.0795. The van der Waals surface area contributed by atoms with Crippen LogP contribution in [0.15, 0.2) is 58.3 Å². The highest BCUT2D eigenvalue weighted by Gasteiger charge is 2.10. The average Bonchev–Trinajstić information content (AvgIpc) is 2.70. The number of hydrogen-bond donors (Lipinski definition) is 1. The molecule has 3 rings (SSSR count). The average molecular weight is 409 g/mol. The molecule has 1 aromatic heterocycles. The van der Waals surface area contributed by atoms with Crippen molar-refractivity contribution in [2.24, 2.45) is 0 Å². The lowest BCUT2D eigenvalue weighted by atomic mass is 10.2. The van der Waals surface area contributed by atoms with Crippen molar-refractivity contribution in [3.63, 3.8) is 0 Å². The molecule has 0 fully saturated rings. The van der Waals surface area contributed by atoms with Crippen molar-refractivity contribution in [2.75, 3.05) is 6.61 Å². The second-order valence-corrected chi connectivity index (χ2v) is 6.25. The molecule has 1 N–H and O–H groups in total. The standard InChI is InChI=1S/C20H13ClN4O4/c21-15-7-14(12-23)8-16(10-15)29-17-2-1-13(11-22)9-18(17)28-6-5-25-4-3-19(26)24-20(25)27/h1-4,7-10H,5-6H2,(H,24,26,27). The summed E-state index contributed by atoms with van der Waals surface area (Å²) in [5, 5.41) is 18.5. The van der Waals surface area contributed by atoms with E-state index in [0.717, 1.165) is 0 Å². The topological polar surface area (TPSA) is 121 Å². The second-order valence-electron chi connectivity index (χ2n) is 5.81. The van der Waals surface area contributed by atoms with Crippen LogP contribution in [0, 0.1) is 22.7 Å². The number of H-pyrrole nitrogens is 1. The van der Waals surface area contributed by atoms with Crippen LogP contribution < -0.4 is 20.7 Å². The Balaban J connectivity index is 1.81. The first kappa shape index (κ1) is 19.7. The van der Waals surface area contributed by atoms with Crippen molar-refractivity contribution in [3.8, 4) is 29.4 Å². The van der Waals surface area contributed by atoms with Crippen molar-refractivity contribution in [1.29, 1.82) is 10.5 Å². The van der Waals surface area contributed by atoms with Gasteiger partial charge in [0.25, 0.3) is 5.56 Å². The summed E-state index contributed by atoms with van der Waals surface area (Å²) in [6.07, 6.45) is 1.36. The van der Waals surface area contributed by atoms with Gasteiger partial charge in [-0.2, -0.15) is 10.5 Å². The largest absolute Gasteiger partial charge is 0.488 e. The van der Waals surface area contributed by atoms with Gasteiger partial charge >= 0.3 is 5.69 Å². The lowest BCUT2D eigenvalue weighted by Crippen LogP contribution is -2.30. The number of hydrogen-bond acceptors (Lipinski definition) is 6. The van der Waals surface area contributed by atoms with Crippen LogP contribution in [0.1, 0.15) is 11.1 Å². The van der Waals surface area contributed by atoms with E-state index in [4.69, 9.17) is 31.6 Å². The van der Waals surface area contributed by atoms with E-state index in [9.17, 15) is 9.59 Å². The zero-order valence-corrected chi connectivity index (χ0v) is 15.6. The fourth-order valence-corrected chi connectivity index (χ4v) is 2.69. The molecule has 0 bridgehead atoms. The Morgan fingerprint density at radius 1 is 1.00 bits per heavy atom. The Kier molecular flexibility index (Phi) is 5.98. The third-order valence-electron chi connectivity index (χ3n) is 3.79. The maximum Gasteiger partial charge on any atom is 0.328 e. The van der Waals surface area contributed by atoms with Crippen LogP contribution in [0.3, 0.4) is 0 Å². The molecule has 9 heteroatoms. The first-order chi connectivity index (χ1) is 14.0. The Morgan fingerprint density at radius 2 is 1.79 bits per heavy atom. The molecule has 0 radical (unpaired) electrons. The molecular formula is C20H13ClN4O4. The van der Waals surface area contributed by atoms with E-state index >= 15 is 0 Å². The predicted octanol–water partition coefficient (Wildman–Crippen LogP) is 2.80. The summed E-state index contributed by atoms with van der Waals surface area (Å²) in [5.74, 6) is 0.921. The van der Waals surface area contributed by atoms with Gasteiger partial charge in [-0.1, -0.05) is 11.6 Å². The first-order valence-electron chi connectivity index (χ1n) is 8.34. The zero-order chi connectivity index (χ0) is 20.8. The number of nitriles is 2. The second kappa shape index (κ2) is 8.79. The number of ether oxygens (including phenoxy) is 2. The molecule has 8 nitrogen and oxygen atoms in total. The number of nitrogens with zero attached hydrogens (tertiary/aromatic N) is 3. The molecule has 0 spiro atoms. The molecule has 0 aliphatic heterocycles. The molecule has 0 saturated carbocycles. The molecule has 3 aromatic rings. The van der Waals surface area contributed by atoms with E-state index in [1.165, 1.54) is 35.0 Å². The van der Waals surface area contributed by atoms with Crippen LogP contribution in [0.5, 0.6) is 17.2 Å². The molecule has 0 saturated heterocycles. The van der Waals surface area contributed by atoms with Gasteiger partial charge in [-0.15, -0.1) is 0 Å². The lowest BCUT2D eigenvalue weighted by molar-refractivity contribution is 0.283. The van der Waals surface area contributed by atoms with Crippen molar-refractivity contribution in [1.82, 2.24) is 9.55 Å². The third kappa shape index (κ3) is 5.04. The summed E-state index contributed by atoms with van der Waals surface area (Å²) in [6.45, 7) is 0.248. The van der Waals surface area contributed by atoms with Gasteiger partial charge in [0.1, 0.15) is 12.4 Å². The van der Waals surface area contributed by atoms with Crippen LogP contribution in [-0.2, 0) is 6.54 Å². The molecular weight excluding hydrogens is 396 g/mol. The zero-order valence-electron chi connectivity index (χ0n) is 14.9. The summed E-state index contributed by atoms with van der Waals surface area (Å²) in [6, 6.07) is 14.4. The molecule has 0 aliphatic carbocycles. The van der Waals surface area contributed by atoms with E-state index in [2.05, 4.69) is 4.98 Å². The van der Waals surface area contributed by atoms with E-state index in [-0.39, 0.29) is 18.9 Å². The molecule has 0 amide bonds. The molecule has 0 atom stereocenters. The van der Waals surface area contributed by atoms with Gasteiger partial charge < -0.3 is 9.47 Å². The highest BCUT2D eigenvalue weighted by atomic mass is 35.5. The Bertz CT molecular complexity index is 1250. The summed E-state index contributed by atoms with van der Waals surface area (Å²) >= 11 is 6.00. The fourth-order valence-electron chi connectivity index (χ4n) is 2.46. The van der Waals surface area contributed by atoms with Gasteiger partial charge in [0.15, 0.2) is 11.5 Å². The van der Waals surface area contributed by atoms with Crippen LogP contribution >= 0.6 is 11.6 Å². The number of nitrogens with one attached hydrogen (secondary N) is 1. The Hall–Kier alpha value is -4.01.